The fourth-order valence-electron chi connectivity index (χ4n) is 4.69. The molecular weight excluding hydrogens is 479 g/mol. The van der Waals surface area contributed by atoms with Crippen molar-refractivity contribution in [2.75, 3.05) is 13.1 Å². The fraction of sp³-hybridized carbons (Fsp3) is 0.161. The third-order valence-electron chi connectivity index (χ3n) is 6.49. The number of alkyl halides is 3. The lowest BCUT2D eigenvalue weighted by Gasteiger charge is -2.13. The molecule has 0 aliphatic carbocycles. The van der Waals surface area contributed by atoms with Gasteiger partial charge < -0.3 is 5.32 Å². The summed E-state index contributed by atoms with van der Waals surface area (Å²) in [7, 11) is 0. The first-order chi connectivity index (χ1) is 17.0. The Balaban J connectivity index is 0.00000304. The summed E-state index contributed by atoms with van der Waals surface area (Å²) in [5.74, 6) is 0. The maximum absolute atomic E-state index is 13.0. The Kier molecular flexibility index (Phi) is 7.97. The van der Waals surface area contributed by atoms with Gasteiger partial charge in [-0.15, -0.1) is 12.4 Å². The molecule has 0 aliphatic heterocycles. The minimum atomic E-state index is -4.33. The molecule has 36 heavy (non-hydrogen) atoms. The van der Waals surface area contributed by atoms with E-state index in [-0.39, 0.29) is 12.4 Å². The first-order valence-corrected chi connectivity index (χ1v) is 11.9. The number of rotatable bonds is 7. The minimum Gasteiger partial charge on any atom is -0.316 e. The maximum Gasteiger partial charge on any atom is 0.416 e. The van der Waals surface area contributed by atoms with Crippen LogP contribution in [0.5, 0.6) is 0 Å². The van der Waals surface area contributed by atoms with Gasteiger partial charge in [0, 0.05) is 0 Å². The summed E-state index contributed by atoms with van der Waals surface area (Å²) in [4.78, 5) is 0. The van der Waals surface area contributed by atoms with Crippen molar-refractivity contribution in [3.63, 3.8) is 0 Å². The normalized spacial score (nSPS) is 11.5. The highest BCUT2D eigenvalue weighted by atomic mass is 35.5. The van der Waals surface area contributed by atoms with Crippen molar-refractivity contribution >= 4 is 34.0 Å². The first kappa shape index (κ1) is 25.7. The largest absolute Gasteiger partial charge is 0.416 e. The van der Waals surface area contributed by atoms with Crippen LogP contribution in [0.4, 0.5) is 13.2 Å². The van der Waals surface area contributed by atoms with Crippen LogP contribution in [0.2, 0.25) is 0 Å². The number of fused-ring (bicyclic) bond motifs is 2. The lowest BCUT2D eigenvalue weighted by molar-refractivity contribution is -0.137. The van der Waals surface area contributed by atoms with Gasteiger partial charge in [0.25, 0.3) is 0 Å². The summed E-state index contributed by atoms with van der Waals surface area (Å²) < 4.78 is 39.1. The van der Waals surface area contributed by atoms with Gasteiger partial charge in [0.15, 0.2) is 0 Å². The number of hydrogen-bond donors (Lipinski definition) is 1. The van der Waals surface area contributed by atoms with Crippen molar-refractivity contribution in [1.29, 1.82) is 0 Å². The summed E-state index contributed by atoms with van der Waals surface area (Å²) in [6.07, 6.45) is -2.54. The molecule has 0 aliphatic rings. The molecule has 184 valence electrons. The molecule has 0 saturated carbocycles. The maximum atomic E-state index is 13.0. The molecule has 0 fully saturated rings. The third-order valence-corrected chi connectivity index (χ3v) is 6.49. The molecule has 0 saturated heterocycles. The standard InChI is InChI=1S/C31H26F3N.ClH/c32-31(33,34)27-14-12-25(13-15-27)30-21-22(20-26-7-2-4-11-29(26)30)16-18-35-19-17-24-9-5-8-23-6-1-3-10-28(23)24;/h1-15,20-21,35H,16-19H2;1H. The summed E-state index contributed by atoms with van der Waals surface area (Å²) in [5.41, 5.74) is 3.63. The van der Waals surface area contributed by atoms with Gasteiger partial charge in [-0.2, -0.15) is 13.2 Å². The van der Waals surface area contributed by atoms with E-state index in [1.54, 1.807) is 12.1 Å². The predicted octanol–water partition coefficient (Wildman–Crippen LogP) is 8.48. The van der Waals surface area contributed by atoms with Gasteiger partial charge in [-0.1, -0.05) is 91.0 Å². The van der Waals surface area contributed by atoms with E-state index in [2.05, 4.69) is 66.0 Å². The van der Waals surface area contributed by atoms with E-state index in [1.807, 2.05) is 18.2 Å². The van der Waals surface area contributed by atoms with Crippen molar-refractivity contribution in [3.05, 3.63) is 120 Å². The third kappa shape index (κ3) is 5.72. The molecule has 0 heterocycles. The van der Waals surface area contributed by atoms with Crippen molar-refractivity contribution in [3.8, 4) is 11.1 Å². The van der Waals surface area contributed by atoms with Crippen molar-refractivity contribution < 1.29 is 13.2 Å². The smallest absolute Gasteiger partial charge is 0.316 e. The van der Waals surface area contributed by atoms with Gasteiger partial charge in [-0.3, -0.25) is 0 Å². The van der Waals surface area contributed by atoms with Crippen LogP contribution in [0.25, 0.3) is 32.7 Å². The zero-order valence-electron chi connectivity index (χ0n) is 19.7. The second-order valence-corrected chi connectivity index (χ2v) is 8.83. The highest BCUT2D eigenvalue weighted by Gasteiger charge is 2.30. The molecule has 0 bridgehead atoms. The SMILES string of the molecule is Cl.FC(F)(F)c1ccc(-c2cc(CCNCCc3cccc4ccccc34)cc3ccccc23)cc1. The molecule has 0 aromatic heterocycles. The first-order valence-electron chi connectivity index (χ1n) is 11.9. The molecule has 5 rings (SSSR count). The van der Waals surface area contributed by atoms with Crippen LogP contribution in [-0.4, -0.2) is 13.1 Å². The van der Waals surface area contributed by atoms with Crippen LogP contribution in [-0.2, 0) is 19.0 Å². The molecule has 0 amide bonds. The zero-order chi connectivity index (χ0) is 24.3. The van der Waals surface area contributed by atoms with Crippen molar-refractivity contribution in [2.45, 2.75) is 19.0 Å². The van der Waals surface area contributed by atoms with Gasteiger partial charge in [0.1, 0.15) is 0 Å². The molecule has 0 atom stereocenters. The summed E-state index contributed by atoms with van der Waals surface area (Å²) in [5, 5.41) is 8.25. The van der Waals surface area contributed by atoms with E-state index in [9.17, 15) is 13.2 Å². The van der Waals surface area contributed by atoms with Gasteiger partial charge in [0.2, 0.25) is 0 Å². The number of halogens is 4. The van der Waals surface area contributed by atoms with Crippen molar-refractivity contribution in [2.24, 2.45) is 0 Å². The molecular formula is C31H27ClF3N. The Labute approximate surface area is 215 Å². The average molecular weight is 506 g/mol. The molecule has 0 spiro atoms. The van der Waals surface area contributed by atoms with Crippen LogP contribution in [0, 0.1) is 0 Å². The molecule has 5 aromatic carbocycles. The lowest BCUT2D eigenvalue weighted by atomic mass is 9.94. The van der Waals surface area contributed by atoms with Gasteiger partial charge >= 0.3 is 6.18 Å². The van der Waals surface area contributed by atoms with Gasteiger partial charge in [-0.05, 0) is 81.9 Å². The topological polar surface area (TPSA) is 12.0 Å². The summed E-state index contributed by atoms with van der Waals surface area (Å²) in [6.45, 7) is 1.71. The average Bonchev–Trinajstić information content (AvgIpc) is 2.87. The molecule has 1 nitrogen and oxygen atoms in total. The van der Waals surface area contributed by atoms with E-state index in [1.165, 1.54) is 16.3 Å². The molecule has 5 aromatic rings. The zero-order valence-corrected chi connectivity index (χ0v) is 20.5. The van der Waals surface area contributed by atoms with Crippen LogP contribution in [0.1, 0.15) is 16.7 Å². The second-order valence-electron chi connectivity index (χ2n) is 8.83. The Hall–Kier alpha value is -3.34. The summed E-state index contributed by atoms with van der Waals surface area (Å²) >= 11 is 0. The monoisotopic (exact) mass is 505 g/mol. The Morgan fingerprint density at radius 1 is 0.611 bits per heavy atom. The Bertz CT molecular complexity index is 1450. The van der Waals surface area contributed by atoms with E-state index in [4.69, 9.17) is 0 Å². The highest BCUT2D eigenvalue weighted by Crippen LogP contribution is 2.34. The quantitative estimate of drug-likeness (QED) is 0.219. The number of hydrogen-bond acceptors (Lipinski definition) is 1. The molecule has 1 N–H and O–H groups in total. The lowest BCUT2D eigenvalue weighted by Crippen LogP contribution is -2.20. The second kappa shape index (κ2) is 11.2. The fourth-order valence-corrected chi connectivity index (χ4v) is 4.69. The number of nitrogens with one attached hydrogen (secondary N) is 1. The number of benzene rings is 5. The molecule has 0 radical (unpaired) electrons. The van der Waals surface area contributed by atoms with Crippen LogP contribution < -0.4 is 5.32 Å². The van der Waals surface area contributed by atoms with Crippen LogP contribution >= 0.6 is 12.4 Å². The molecule has 5 heteroatoms. The van der Waals surface area contributed by atoms with Crippen LogP contribution in [0.3, 0.4) is 0 Å². The van der Waals surface area contributed by atoms with E-state index in [0.29, 0.717) is 0 Å². The minimum absolute atomic E-state index is 0. The van der Waals surface area contributed by atoms with Crippen LogP contribution in [0.15, 0.2) is 103 Å². The summed E-state index contributed by atoms with van der Waals surface area (Å²) in [6, 6.07) is 32.6. The highest BCUT2D eigenvalue weighted by molar-refractivity contribution is 5.97. The van der Waals surface area contributed by atoms with Gasteiger partial charge in [0.05, 0.1) is 5.56 Å². The molecule has 0 unspecified atom stereocenters. The van der Waals surface area contributed by atoms with E-state index >= 15 is 0 Å². The van der Waals surface area contributed by atoms with Gasteiger partial charge in [-0.25, -0.2) is 0 Å². The van der Waals surface area contributed by atoms with Crippen molar-refractivity contribution in [1.82, 2.24) is 5.32 Å². The van der Waals surface area contributed by atoms with E-state index in [0.717, 1.165) is 65.5 Å². The van der Waals surface area contributed by atoms with E-state index < -0.39 is 11.7 Å². The Morgan fingerprint density at radius 3 is 2.00 bits per heavy atom. The predicted molar refractivity (Wildman–Crippen MR) is 146 cm³/mol. The Morgan fingerprint density at radius 2 is 1.25 bits per heavy atom.